The first-order chi connectivity index (χ1) is 9.56. The highest BCUT2D eigenvalue weighted by atomic mass is 35.5. The van der Waals surface area contributed by atoms with Gasteiger partial charge in [0.2, 0.25) is 11.7 Å². The highest BCUT2D eigenvalue weighted by molar-refractivity contribution is 6.33. The number of rotatable bonds is 6. The highest BCUT2D eigenvalue weighted by Gasteiger charge is 2.13. The van der Waals surface area contributed by atoms with Crippen LogP contribution in [0.15, 0.2) is 28.8 Å². The Labute approximate surface area is 121 Å². The van der Waals surface area contributed by atoms with E-state index in [-0.39, 0.29) is 6.42 Å². The highest BCUT2D eigenvalue weighted by Crippen LogP contribution is 2.24. The minimum Gasteiger partial charge on any atom is -0.481 e. The Balaban J connectivity index is 2.02. The zero-order chi connectivity index (χ0) is 14.5. The number of benzene rings is 1. The summed E-state index contributed by atoms with van der Waals surface area (Å²) in [4.78, 5) is 16.6. The Kier molecular flexibility index (Phi) is 4.70. The Hall–Kier alpha value is -1.92. The average molecular weight is 296 g/mol. The molecule has 0 amide bonds. The van der Waals surface area contributed by atoms with Crippen LogP contribution < -0.4 is 0 Å². The Morgan fingerprint density at radius 2 is 2.20 bits per heavy atom. The maximum atomic E-state index is 10.5. The second-order valence-corrected chi connectivity index (χ2v) is 4.78. The monoisotopic (exact) mass is 295 g/mol. The van der Waals surface area contributed by atoms with Crippen molar-refractivity contribution in [1.29, 1.82) is 0 Å². The van der Waals surface area contributed by atoms with Crippen molar-refractivity contribution in [3.05, 3.63) is 35.2 Å². The van der Waals surface area contributed by atoms with E-state index in [0.29, 0.717) is 35.4 Å². The molecule has 0 saturated carbocycles. The summed E-state index contributed by atoms with van der Waals surface area (Å²) < 4.78 is 5.14. The lowest BCUT2D eigenvalue weighted by atomic mass is 10.2. The van der Waals surface area contributed by atoms with E-state index in [2.05, 4.69) is 10.1 Å². The van der Waals surface area contributed by atoms with Crippen molar-refractivity contribution in [2.45, 2.75) is 13.0 Å². The van der Waals surface area contributed by atoms with Gasteiger partial charge in [-0.3, -0.25) is 9.69 Å². The molecule has 0 aliphatic heterocycles. The van der Waals surface area contributed by atoms with Crippen LogP contribution in [-0.2, 0) is 11.3 Å². The number of aromatic nitrogens is 2. The minimum atomic E-state index is -0.834. The topological polar surface area (TPSA) is 79.5 Å². The SMILES string of the molecule is CN(CCC(=O)O)Cc1nc(-c2ccccc2Cl)no1. The van der Waals surface area contributed by atoms with Crippen LogP contribution in [0.2, 0.25) is 5.02 Å². The van der Waals surface area contributed by atoms with E-state index in [1.54, 1.807) is 18.0 Å². The van der Waals surface area contributed by atoms with Gasteiger partial charge in [0.25, 0.3) is 0 Å². The molecule has 2 aromatic rings. The van der Waals surface area contributed by atoms with Gasteiger partial charge >= 0.3 is 5.97 Å². The third kappa shape index (κ3) is 3.79. The third-order valence-electron chi connectivity index (χ3n) is 2.70. The van der Waals surface area contributed by atoms with Gasteiger partial charge in [0.1, 0.15) is 0 Å². The largest absolute Gasteiger partial charge is 0.481 e. The molecule has 0 atom stereocenters. The first-order valence-electron chi connectivity index (χ1n) is 6.04. The molecule has 2 rings (SSSR count). The quantitative estimate of drug-likeness (QED) is 0.881. The standard InChI is InChI=1S/C13H14ClN3O3/c1-17(7-6-12(18)19)8-11-15-13(16-20-11)9-4-2-3-5-10(9)14/h2-5H,6-8H2,1H3,(H,18,19). The van der Waals surface area contributed by atoms with Crippen LogP contribution in [0, 0.1) is 0 Å². The number of nitrogens with zero attached hydrogens (tertiary/aromatic N) is 3. The summed E-state index contributed by atoms with van der Waals surface area (Å²) in [5.41, 5.74) is 0.706. The molecule has 6 nitrogen and oxygen atoms in total. The average Bonchev–Trinajstić information content (AvgIpc) is 2.85. The lowest BCUT2D eigenvalue weighted by molar-refractivity contribution is -0.137. The number of hydrogen-bond donors (Lipinski definition) is 1. The maximum absolute atomic E-state index is 10.5. The molecule has 1 N–H and O–H groups in total. The van der Waals surface area contributed by atoms with Crippen molar-refractivity contribution in [3.8, 4) is 11.4 Å². The molecule has 0 saturated heterocycles. The van der Waals surface area contributed by atoms with Crippen molar-refractivity contribution in [2.75, 3.05) is 13.6 Å². The Bertz CT molecular complexity index is 600. The van der Waals surface area contributed by atoms with Crippen LogP contribution in [0.5, 0.6) is 0 Å². The predicted molar refractivity (Wildman–Crippen MR) is 73.3 cm³/mol. The zero-order valence-corrected chi connectivity index (χ0v) is 11.7. The number of carboxylic acids is 1. The molecule has 1 aromatic carbocycles. The van der Waals surface area contributed by atoms with Crippen molar-refractivity contribution in [1.82, 2.24) is 15.0 Å². The van der Waals surface area contributed by atoms with E-state index in [0.717, 1.165) is 0 Å². The van der Waals surface area contributed by atoms with Crippen molar-refractivity contribution >= 4 is 17.6 Å². The van der Waals surface area contributed by atoms with E-state index >= 15 is 0 Å². The van der Waals surface area contributed by atoms with Crippen LogP contribution >= 0.6 is 11.6 Å². The smallest absolute Gasteiger partial charge is 0.304 e. The summed E-state index contributed by atoms with van der Waals surface area (Å²) in [6, 6.07) is 7.24. The molecule has 0 aliphatic rings. The van der Waals surface area contributed by atoms with Crippen LogP contribution in [0.3, 0.4) is 0 Å². The van der Waals surface area contributed by atoms with Gasteiger partial charge in [-0.25, -0.2) is 0 Å². The molecule has 0 radical (unpaired) electrons. The molecule has 0 unspecified atom stereocenters. The van der Waals surface area contributed by atoms with Crippen molar-refractivity contribution in [3.63, 3.8) is 0 Å². The normalized spacial score (nSPS) is 10.9. The molecule has 1 aromatic heterocycles. The van der Waals surface area contributed by atoms with E-state index in [9.17, 15) is 4.79 Å². The molecule has 106 valence electrons. The molecule has 7 heteroatoms. The van der Waals surface area contributed by atoms with Gasteiger partial charge in [-0.15, -0.1) is 0 Å². The van der Waals surface area contributed by atoms with Gasteiger partial charge < -0.3 is 9.63 Å². The van der Waals surface area contributed by atoms with Crippen LogP contribution in [0.25, 0.3) is 11.4 Å². The number of carbonyl (C=O) groups is 1. The predicted octanol–water partition coefficient (Wildman–Crippen LogP) is 2.30. The lowest BCUT2D eigenvalue weighted by Crippen LogP contribution is -2.21. The fraction of sp³-hybridized carbons (Fsp3) is 0.308. The first-order valence-corrected chi connectivity index (χ1v) is 6.42. The van der Waals surface area contributed by atoms with Crippen molar-refractivity contribution in [2.24, 2.45) is 0 Å². The van der Waals surface area contributed by atoms with Crippen LogP contribution in [-0.4, -0.2) is 39.7 Å². The fourth-order valence-electron chi connectivity index (χ4n) is 1.67. The summed E-state index contributed by atoms with van der Waals surface area (Å²) in [5.74, 6) is 0.0178. The van der Waals surface area contributed by atoms with Crippen molar-refractivity contribution < 1.29 is 14.4 Å². The second kappa shape index (κ2) is 6.49. The second-order valence-electron chi connectivity index (χ2n) is 4.37. The van der Waals surface area contributed by atoms with Crippen LogP contribution in [0.4, 0.5) is 0 Å². The Morgan fingerprint density at radius 3 is 2.90 bits per heavy atom. The first kappa shape index (κ1) is 14.5. The maximum Gasteiger partial charge on any atom is 0.304 e. The zero-order valence-electron chi connectivity index (χ0n) is 10.9. The lowest BCUT2D eigenvalue weighted by Gasteiger charge is -2.11. The molecular weight excluding hydrogens is 282 g/mol. The van der Waals surface area contributed by atoms with Crippen LogP contribution in [0.1, 0.15) is 12.3 Å². The molecule has 0 fully saturated rings. The number of hydrogen-bond acceptors (Lipinski definition) is 5. The Morgan fingerprint density at radius 1 is 1.45 bits per heavy atom. The van der Waals surface area contributed by atoms with E-state index in [4.69, 9.17) is 21.2 Å². The summed E-state index contributed by atoms with van der Waals surface area (Å²) in [5, 5.41) is 13.1. The van der Waals surface area contributed by atoms with Gasteiger partial charge in [-0.1, -0.05) is 28.9 Å². The van der Waals surface area contributed by atoms with E-state index < -0.39 is 5.97 Å². The summed E-state index contributed by atoms with van der Waals surface area (Å²) >= 11 is 6.06. The van der Waals surface area contributed by atoms with Gasteiger partial charge in [-0.2, -0.15) is 4.98 Å². The summed E-state index contributed by atoms with van der Waals surface area (Å²) in [6.45, 7) is 0.809. The number of halogens is 1. The third-order valence-corrected chi connectivity index (χ3v) is 3.03. The molecule has 0 spiro atoms. The molecular formula is C13H14ClN3O3. The summed E-state index contributed by atoms with van der Waals surface area (Å²) in [6.07, 6.45) is 0.0714. The molecule has 0 aliphatic carbocycles. The van der Waals surface area contributed by atoms with Gasteiger partial charge in [-0.05, 0) is 19.2 Å². The fourth-order valence-corrected chi connectivity index (χ4v) is 1.89. The summed E-state index contributed by atoms with van der Waals surface area (Å²) in [7, 11) is 1.79. The number of aliphatic carboxylic acids is 1. The molecule has 1 heterocycles. The molecule has 0 bridgehead atoms. The number of carboxylic acid groups (broad SMARTS) is 1. The van der Waals surface area contributed by atoms with E-state index in [1.165, 1.54) is 0 Å². The van der Waals surface area contributed by atoms with Gasteiger partial charge in [0.15, 0.2) is 0 Å². The minimum absolute atomic E-state index is 0.0714. The molecule has 20 heavy (non-hydrogen) atoms. The van der Waals surface area contributed by atoms with Gasteiger partial charge in [0, 0.05) is 12.1 Å². The van der Waals surface area contributed by atoms with Gasteiger partial charge in [0.05, 0.1) is 18.0 Å². The van der Waals surface area contributed by atoms with E-state index in [1.807, 2.05) is 18.2 Å².